The zero-order chi connectivity index (χ0) is 13.7. The molecule has 0 spiro atoms. The van der Waals surface area contributed by atoms with Crippen molar-refractivity contribution in [1.29, 1.82) is 0 Å². The summed E-state index contributed by atoms with van der Waals surface area (Å²) in [5.74, 6) is 0.543. The van der Waals surface area contributed by atoms with Crippen LogP contribution in [-0.4, -0.2) is 40.1 Å². The van der Waals surface area contributed by atoms with Crippen LogP contribution in [0, 0.1) is 17.3 Å². The van der Waals surface area contributed by atoms with Crippen LogP contribution in [0.5, 0.6) is 0 Å². The second-order valence-corrected chi connectivity index (χ2v) is 6.63. The lowest BCUT2D eigenvalue weighted by Crippen LogP contribution is -2.38. The number of halogens is 1. The topological polar surface area (TPSA) is 62.1 Å². The Morgan fingerprint density at radius 3 is 2.33 bits per heavy atom. The van der Waals surface area contributed by atoms with E-state index in [0.717, 1.165) is 0 Å². The van der Waals surface area contributed by atoms with Gasteiger partial charge in [0.1, 0.15) is 5.60 Å². The van der Waals surface area contributed by atoms with Gasteiger partial charge in [0.05, 0.1) is 0 Å². The van der Waals surface area contributed by atoms with Gasteiger partial charge in [-0.05, 0) is 32.6 Å². The zero-order valence-corrected chi connectivity index (χ0v) is 11.9. The molecule has 1 aliphatic heterocycles. The predicted octanol–water partition coefficient (Wildman–Crippen LogP) is 2.52. The minimum atomic E-state index is -0.475. The first-order chi connectivity index (χ1) is 8.20. The molecule has 0 radical (unpaired) electrons. The molecule has 6 heteroatoms. The number of fused-ring (bicyclic) bond motifs is 1. The van der Waals surface area contributed by atoms with Gasteiger partial charge in [0.15, 0.2) is 5.17 Å². The number of hydrogen-bond donors (Lipinski definition) is 1. The second-order valence-electron chi connectivity index (χ2n) is 6.27. The van der Waals surface area contributed by atoms with Crippen molar-refractivity contribution < 1.29 is 14.7 Å². The Labute approximate surface area is 112 Å². The average Bonchev–Trinajstić information content (AvgIpc) is 2.64. The first kappa shape index (κ1) is 13.5. The number of ether oxygens (including phenoxy) is 1. The van der Waals surface area contributed by atoms with Crippen molar-refractivity contribution in [2.24, 2.45) is 22.4 Å². The van der Waals surface area contributed by atoms with Gasteiger partial charge in [0.25, 0.3) is 0 Å². The molecule has 3 atom stereocenters. The van der Waals surface area contributed by atoms with Crippen LogP contribution in [0.3, 0.4) is 0 Å². The SMILES string of the molecule is CC(C)(C)OC(=O)N1C[C@@H]2[C@H](C1)C2(C)/C(Cl)=N/O. The van der Waals surface area contributed by atoms with Gasteiger partial charge in [-0.3, -0.25) is 0 Å². The van der Waals surface area contributed by atoms with Gasteiger partial charge in [0.2, 0.25) is 0 Å². The van der Waals surface area contributed by atoms with E-state index in [1.54, 1.807) is 4.90 Å². The van der Waals surface area contributed by atoms with Crippen molar-refractivity contribution in [2.45, 2.75) is 33.3 Å². The van der Waals surface area contributed by atoms with E-state index in [2.05, 4.69) is 5.16 Å². The molecule has 1 aliphatic carbocycles. The molecular formula is C12H19ClN2O3. The molecule has 1 N–H and O–H groups in total. The van der Waals surface area contributed by atoms with E-state index < -0.39 is 5.60 Å². The van der Waals surface area contributed by atoms with Gasteiger partial charge >= 0.3 is 6.09 Å². The van der Waals surface area contributed by atoms with Crippen LogP contribution in [0.2, 0.25) is 0 Å². The summed E-state index contributed by atoms with van der Waals surface area (Å²) < 4.78 is 5.32. The molecule has 102 valence electrons. The Kier molecular flexibility index (Phi) is 3.00. The summed E-state index contributed by atoms with van der Waals surface area (Å²) in [5, 5.41) is 12.1. The molecule has 1 saturated carbocycles. The Morgan fingerprint density at radius 2 is 1.94 bits per heavy atom. The average molecular weight is 275 g/mol. The Balaban J connectivity index is 1.94. The van der Waals surface area contributed by atoms with E-state index >= 15 is 0 Å². The number of hydrogen-bond acceptors (Lipinski definition) is 4. The number of oxime groups is 1. The maximum absolute atomic E-state index is 11.9. The monoisotopic (exact) mass is 274 g/mol. The molecule has 0 bridgehead atoms. The van der Waals surface area contributed by atoms with Crippen molar-refractivity contribution >= 4 is 22.9 Å². The number of amides is 1. The summed E-state index contributed by atoms with van der Waals surface area (Å²) in [6.07, 6.45) is -0.283. The van der Waals surface area contributed by atoms with Gasteiger partial charge < -0.3 is 14.8 Å². The lowest BCUT2D eigenvalue weighted by atomic mass is 10.0. The molecule has 0 aromatic carbocycles. The normalized spacial score (nSPS) is 35.4. The van der Waals surface area contributed by atoms with Crippen LogP contribution in [0.1, 0.15) is 27.7 Å². The minimum absolute atomic E-state index is 0.237. The number of piperidine rings is 1. The standard InChI is InChI=1S/C12H19ClN2O3/c1-11(2,3)18-10(16)15-5-7-8(6-15)12(7,4)9(13)14-17/h7-8,17H,5-6H2,1-4H3/b14-9-/t7-,8+,12?. The summed E-state index contributed by atoms with van der Waals surface area (Å²) in [5.41, 5.74) is -0.744. The molecule has 5 nitrogen and oxygen atoms in total. The Hall–Kier alpha value is -0.970. The molecular weight excluding hydrogens is 256 g/mol. The van der Waals surface area contributed by atoms with Gasteiger partial charge in [-0.1, -0.05) is 23.7 Å². The Bertz CT molecular complexity index is 391. The number of carbonyl (C=O) groups excluding carboxylic acids is 1. The van der Waals surface area contributed by atoms with Crippen molar-refractivity contribution in [3.8, 4) is 0 Å². The van der Waals surface area contributed by atoms with Crippen molar-refractivity contribution in [3.05, 3.63) is 0 Å². The molecule has 1 heterocycles. The van der Waals surface area contributed by atoms with Crippen LogP contribution in [-0.2, 0) is 4.74 Å². The number of nitrogens with zero attached hydrogens (tertiary/aromatic N) is 2. The van der Waals surface area contributed by atoms with E-state index in [0.29, 0.717) is 13.1 Å². The van der Waals surface area contributed by atoms with Gasteiger partial charge in [-0.15, -0.1) is 0 Å². The number of likely N-dealkylation sites (tertiary alicyclic amines) is 1. The molecule has 1 unspecified atom stereocenters. The van der Waals surface area contributed by atoms with Crippen LogP contribution in [0.15, 0.2) is 5.16 Å². The molecule has 1 saturated heterocycles. The summed E-state index contributed by atoms with van der Waals surface area (Å²) >= 11 is 5.91. The third kappa shape index (κ3) is 2.05. The van der Waals surface area contributed by atoms with E-state index in [9.17, 15) is 4.79 Å². The number of rotatable bonds is 1. The van der Waals surface area contributed by atoms with Crippen LogP contribution < -0.4 is 0 Å². The molecule has 1 amide bonds. The van der Waals surface area contributed by atoms with Crippen LogP contribution >= 0.6 is 11.6 Å². The number of carbonyl (C=O) groups is 1. The molecule has 0 aromatic heterocycles. The van der Waals surface area contributed by atoms with Crippen molar-refractivity contribution in [2.75, 3.05) is 13.1 Å². The fraction of sp³-hybridized carbons (Fsp3) is 0.833. The highest BCUT2D eigenvalue weighted by molar-refractivity contribution is 6.67. The van der Waals surface area contributed by atoms with E-state index in [1.807, 2.05) is 27.7 Å². The van der Waals surface area contributed by atoms with Crippen LogP contribution in [0.4, 0.5) is 4.79 Å². The molecule has 2 aliphatic rings. The third-order valence-electron chi connectivity index (χ3n) is 3.94. The third-order valence-corrected chi connectivity index (χ3v) is 4.42. The molecule has 0 aromatic rings. The highest BCUT2D eigenvalue weighted by Gasteiger charge is 2.68. The van der Waals surface area contributed by atoms with Crippen LogP contribution in [0.25, 0.3) is 0 Å². The quantitative estimate of drug-likeness (QED) is 0.454. The second kappa shape index (κ2) is 4.02. The van der Waals surface area contributed by atoms with Crippen molar-refractivity contribution in [1.82, 2.24) is 4.90 Å². The minimum Gasteiger partial charge on any atom is -0.444 e. The summed E-state index contributed by atoms with van der Waals surface area (Å²) in [4.78, 5) is 13.6. The first-order valence-corrected chi connectivity index (χ1v) is 6.44. The Morgan fingerprint density at radius 1 is 1.44 bits per heavy atom. The predicted molar refractivity (Wildman–Crippen MR) is 68.0 cm³/mol. The maximum atomic E-state index is 11.9. The summed E-state index contributed by atoms with van der Waals surface area (Å²) in [7, 11) is 0. The smallest absolute Gasteiger partial charge is 0.410 e. The fourth-order valence-electron chi connectivity index (χ4n) is 2.77. The van der Waals surface area contributed by atoms with Gasteiger partial charge in [0, 0.05) is 18.5 Å². The highest BCUT2D eigenvalue weighted by Crippen LogP contribution is 2.63. The summed E-state index contributed by atoms with van der Waals surface area (Å²) in [6.45, 7) is 8.74. The lowest BCUT2D eigenvalue weighted by molar-refractivity contribution is 0.0261. The van der Waals surface area contributed by atoms with E-state index in [4.69, 9.17) is 21.5 Å². The lowest BCUT2D eigenvalue weighted by Gasteiger charge is -2.27. The molecule has 2 fully saturated rings. The largest absolute Gasteiger partial charge is 0.444 e. The van der Waals surface area contributed by atoms with Gasteiger partial charge in [-0.25, -0.2) is 4.79 Å². The molecule has 2 rings (SSSR count). The van der Waals surface area contributed by atoms with Crippen molar-refractivity contribution in [3.63, 3.8) is 0 Å². The summed E-state index contributed by atoms with van der Waals surface area (Å²) in [6, 6.07) is 0. The molecule has 18 heavy (non-hydrogen) atoms. The fourth-order valence-corrected chi connectivity index (χ4v) is 3.05. The van der Waals surface area contributed by atoms with Gasteiger partial charge in [-0.2, -0.15) is 0 Å². The maximum Gasteiger partial charge on any atom is 0.410 e. The highest BCUT2D eigenvalue weighted by atomic mass is 35.5. The van der Waals surface area contributed by atoms with E-state index in [-0.39, 0.29) is 28.5 Å². The zero-order valence-electron chi connectivity index (χ0n) is 11.1. The first-order valence-electron chi connectivity index (χ1n) is 6.06. The van der Waals surface area contributed by atoms with E-state index in [1.165, 1.54) is 0 Å².